The normalized spacial score (nSPS) is 18.6. The van der Waals surface area contributed by atoms with Crippen LogP contribution >= 0.6 is 0 Å². The van der Waals surface area contributed by atoms with Crippen LogP contribution in [0.2, 0.25) is 0 Å². The molecule has 2 heterocycles. The maximum atomic E-state index is 13.2. The molecular weight excluding hydrogens is 275 g/mol. The Morgan fingerprint density at radius 1 is 1.27 bits per heavy atom. The highest BCUT2D eigenvalue weighted by molar-refractivity contribution is 5.79. The van der Waals surface area contributed by atoms with Gasteiger partial charge in [0.15, 0.2) is 0 Å². The molecule has 1 saturated heterocycles. The van der Waals surface area contributed by atoms with E-state index in [2.05, 4.69) is 29.4 Å². The highest BCUT2D eigenvalue weighted by Crippen LogP contribution is 2.28. The van der Waals surface area contributed by atoms with Crippen LogP contribution in [0.5, 0.6) is 0 Å². The zero-order chi connectivity index (χ0) is 15.4. The molecule has 22 heavy (non-hydrogen) atoms. The molecule has 1 fully saturated rings. The highest BCUT2D eigenvalue weighted by atomic mass is 19.1. The molecule has 0 spiro atoms. The average Bonchev–Trinajstić information content (AvgIpc) is 3.08. The average molecular weight is 296 g/mol. The first-order valence-electron chi connectivity index (χ1n) is 7.92. The molecule has 2 nitrogen and oxygen atoms in total. The van der Waals surface area contributed by atoms with E-state index in [1.807, 2.05) is 24.5 Å². The van der Waals surface area contributed by atoms with Crippen molar-refractivity contribution in [3.05, 3.63) is 71.3 Å². The summed E-state index contributed by atoms with van der Waals surface area (Å²) in [6.45, 7) is 3.18. The van der Waals surface area contributed by atoms with Crippen LogP contribution in [0.3, 0.4) is 0 Å². The summed E-state index contributed by atoms with van der Waals surface area (Å²) in [5.74, 6) is -0.207. The van der Waals surface area contributed by atoms with Crippen molar-refractivity contribution in [1.82, 2.24) is 10.3 Å². The van der Waals surface area contributed by atoms with Gasteiger partial charge in [-0.15, -0.1) is 0 Å². The zero-order valence-corrected chi connectivity index (χ0v) is 12.8. The molecule has 1 aromatic heterocycles. The molecule has 1 unspecified atom stereocenters. The number of halogens is 1. The summed E-state index contributed by atoms with van der Waals surface area (Å²) < 4.78 is 13.2. The van der Waals surface area contributed by atoms with Crippen molar-refractivity contribution in [2.75, 3.05) is 6.54 Å². The minimum absolute atomic E-state index is 0.207. The maximum Gasteiger partial charge on any atom is 0.123 e. The molecule has 1 N–H and O–H groups in total. The second-order valence-corrected chi connectivity index (χ2v) is 5.69. The third-order valence-electron chi connectivity index (χ3n) is 4.10. The van der Waals surface area contributed by atoms with Crippen molar-refractivity contribution in [1.29, 1.82) is 0 Å². The maximum absolute atomic E-state index is 13.2. The molecule has 114 valence electrons. The van der Waals surface area contributed by atoms with E-state index < -0.39 is 0 Å². The van der Waals surface area contributed by atoms with Crippen LogP contribution in [-0.2, 0) is 0 Å². The fraction of sp³-hybridized carbons (Fsp3) is 0.316. The van der Waals surface area contributed by atoms with Gasteiger partial charge in [-0.1, -0.05) is 25.1 Å². The van der Waals surface area contributed by atoms with Crippen LogP contribution in [0, 0.1) is 5.82 Å². The van der Waals surface area contributed by atoms with Gasteiger partial charge < -0.3 is 5.32 Å². The van der Waals surface area contributed by atoms with Gasteiger partial charge >= 0.3 is 0 Å². The van der Waals surface area contributed by atoms with E-state index in [1.165, 1.54) is 24.1 Å². The molecule has 1 atom stereocenters. The number of benzene rings is 1. The van der Waals surface area contributed by atoms with E-state index in [1.54, 1.807) is 0 Å². The summed E-state index contributed by atoms with van der Waals surface area (Å²) in [6.07, 6.45) is 9.32. The Kier molecular flexibility index (Phi) is 4.64. The number of pyridine rings is 1. The standard InChI is InChI=1S/C19H21FN2/c1-2-4-18(14-6-8-17(20)9-7-14)15-11-16(13-21-12-15)19-5-3-10-22-19/h4,6-9,11-13,19,22H,2-3,5,10H2,1H3/b18-4-. The van der Waals surface area contributed by atoms with Gasteiger partial charge in [0.05, 0.1) is 0 Å². The molecule has 1 aliphatic rings. The first-order chi connectivity index (χ1) is 10.8. The van der Waals surface area contributed by atoms with Gasteiger partial charge in [-0.2, -0.15) is 0 Å². The SMILES string of the molecule is CC/C=C(/c1ccc(F)cc1)c1cncc(C2CCCN2)c1. The predicted molar refractivity (Wildman–Crippen MR) is 88.0 cm³/mol. The van der Waals surface area contributed by atoms with Crippen molar-refractivity contribution in [2.45, 2.75) is 32.2 Å². The van der Waals surface area contributed by atoms with E-state index in [9.17, 15) is 4.39 Å². The lowest BCUT2D eigenvalue weighted by Gasteiger charge is -2.14. The lowest BCUT2D eigenvalue weighted by Crippen LogP contribution is -2.13. The lowest BCUT2D eigenvalue weighted by atomic mass is 9.95. The van der Waals surface area contributed by atoms with E-state index in [0.29, 0.717) is 6.04 Å². The molecule has 0 aliphatic carbocycles. The number of rotatable bonds is 4. The molecule has 0 bridgehead atoms. The summed E-state index contributed by atoms with van der Waals surface area (Å²) in [7, 11) is 0. The summed E-state index contributed by atoms with van der Waals surface area (Å²) in [4.78, 5) is 4.42. The van der Waals surface area contributed by atoms with Crippen LogP contribution in [-0.4, -0.2) is 11.5 Å². The number of hydrogen-bond donors (Lipinski definition) is 1. The van der Waals surface area contributed by atoms with Gasteiger partial charge in [0, 0.05) is 24.0 Å². The smallest absolute Gasteiger partial charge is 0.123 e. The van der Waals surface area contributed by atoms with Gasteiger partial charge in [0.2, 0.25) is 0 Å². The fourth-order valence-electron chi connectivity index (χ4n) is 3.00. The van der Waals surface area contributed by atoms with Crippen LogP contribution < -0.4 is 5.32 Å². The molecule has 2 aromatic rings. The van der Waals surface area contributed by atoms with Crippen molar-refractivity contribution in [3.8, 4) is 0 Å². The molecule has 0 radical (unpaired) electrons. The Labute approximate surface area is 131 Å². The fourth-order valence-corrected chi connectivity index (χ4v) is 3.00. The molecular formula is C19H21FN2. The number of nitrogens with one attached hydrogen (secondary N) is 1. The number of allylic oxidation sites excluding steroid dienone is 1. The van der Waals surface area contributed by atoms with Gasteiger partial charge in [-0.25, -0.2) is 4.39 Å². The predicted octanol–water partition coefficient (Wildman–Crippen LogP) is 4.49. The third kappa shape index (κ3) is 3.25. The topological polar surface area (TPSA) is 24.9 Å². The summed E-state index contributed by atoms with van der Waals surface area (Å²) >= 11 is 0. The second-order valence-electron chi connectivity index (χ2n) is 5.69. The number of hydrogen-bond acceptors (Lipinski definition) is 2. The second kappa shape index (κ2) is 6.84. The van der Waals surface area contributed by atoms with Gasteiger partial charge in [-0.3, -0.25) is 4.98 Å². The third-order valence-corrected chi connectivity index (χ3v) is 4.10. The van der Waals surface area contributed by atoms with Gasteiger partial charge in [0.25, 0.3) is 0 Å². The Morgan fingerprint density at radius 2 is 2.09 bits per heavy atom. The molecule has 0 saturated carbocycles. The van der Waals surface area contributed by atoms with Crippen molar-refractivity contribution in [3.63, 3.8) is 0 Å². The van der Waals surface area contributed by atoms with Crippen molar-refractivity contribution < 1.29 is 4.39 Å². The van der Waals surface area contributed by atoms with Crippen molar-refractivity contribution >= 4 is 5.57 Å². The number of aromatic nitrogens is 1. The molecule has 3 rings (SSSR count). The molecule has 1 aromatic carbocycles. The summed E-state index contributed by atoms with van der Waals surface area (Å²) in [5.41, 5.74) is 4.48. The van der Waals surface area contributed by atoms with E-state index >= 15 is 0 Å². The Morgan fingerprint density at radius 3 is 2.77 bits per heavy atom. The number of nitrogens with zero attached hydrogens (tertiary/aromatic N) is 1. The van der Waals surface area contributed by atoms with Crippen LogP contribution in [0.4, 0.5) is 4.39 Å². The van der Waals surface area contributed by atoms with E-state index in [4.69, 9.17) is 0 Å². The monoisotopic (exact) mass is 296 g/mol. The quantitative estimate of drug-likeness (QED) is 0.899. The summed E-state index contributed by atoms with van der Waals surface area (Å²) in [5, 5.41) is 3.51. The minimum atomic E-state index is -0.207. The van der Waals surface area contributed by atoms with Crippen LogP contribution in [0.15, 0.2) is 48.8 Å². The lowest BCUT2D eigenvalue weighted by molar-refractivity contribution is 0.627. The zero-order valence-electron chi connectivity index (χ0n) is 12.8. The van der Waals surface area contributed by atoms with Gasteiger partial charge in [0.1, 0.15) is 5.82 Å². The highest BCUT2D eigenvalue weighted by Gasteiger charge is 2.17. The van der Waals surface area contributed by atoms with Crippen LogP contribution in [0.25, 0.3) is 5.57 Å². The molecule has 3 heteroatoms. The van der Waals surface area contributed by atoms with Crippen LogP contribution in [0.1, 0.15) is 48.9 Å². The van der Waals surface area contributed by atoms with Gasteiger partial charge in [-0.05, 0) is 60.7 Å². The van der Waals surface area contributed by atoms with E-state index in [0.717, 1.165) is 36.1 Å². The Bertz CT molecular complexity index is 655. The Balaban J connectivity index is 1.96. The first kappa shape index (κ1) is 14.9. The van der Waals surface area contributed by atoms with E-state index in [-0.39, 0.29) is 5.82 Å². The molecule has 1 aliphatic heterocycles. The Hall–Kier alpha value is -2.00. The minimum Gasteiger partial charge on any atom is -0.310 e. The first-order valence-corrected chi connectivity index (χ1v) is 7.92. The van der Waals surface area contributed by atoms with Crippen molar-refractivity contribution in [2.24, 2.45) is 0 Å². The summed E-state index contributed by atoms with van der Waals surface area (Å²) in [6, 6.07) is 9.29. The largest absolute Gasteiger partial charge is 0.310 e. The molecule has 0 amide bonds.